The van der Waals surface area contributed by atoms with Gasteiger partial charge in [-0.1, -0.05) is 353 Å². The Hall–Kier alpha value is -2.11. The van der Waals surface area contributed by atoms with E-state index in [1.807, 2.05) is 0 Å². The zero-order valence-corrected chi connectivity index (χ0v) is 53.0. The van der Waals surface area contributed by atoms with Crippen LogP contribution in [-0.4, -0.2) is 37.2 Å². The normalized spacial score (nSPS) is 12.1. The number of ether oxygens (including phenoxy) is 3. The molecule has 0 radical (unpaired) electrons. The van der Waals surface area contributed by atoms with Crippen LogP contribution in [0.25, 0.3) is 0 Å². The number of carbonyl (C=O) groups is 3. The van der Waals surface area contributed by atoms with Crippen molar-refractivity contribution in [3.63, 3.8) is 0 Å². The van der Waals surface area contributed by atoms with Crippen LogP contribution in [0.3, 0.4) is 0 Å². The number of hydrogen-bond donors (Lipinski definition) is 0. The summed E-state index contributed by atoms with van der Waals surface area (Å²) in [6, 6.07) is 0. The highest BCUT2D eigenvalue weighted by molar-refractivity contribution is 5.71. The summed E-state index contributed by atoms with van der Waals surface area (Å²) in [4.78, 5) is 38.4. The lowest BCUT2D eigenvalue weighted by atomic mass is 10.0. The third kappa shape index (κ3) is 64.7. The van der Waals surface area contributed by atoms with Crippen LogP contribution >= 0.6 is 0 Å². The van der Waals surface area contributed by atoms with Gasteiger partial charge in [0.2, 0.25) is 0 Å². The van der Waals surface area contributed by atoms with Gasteiger partial charge in [0.25, 0.3) is 0 Å². The van der Waals surface area contributed by atoms with Crippen molar-refractivity contribution in [3.8, 4) is 0 Å². The summed E-state index contributed by atoms with van der Waals surface area (Å²) < 4.78 is 17.0. The third-order valence-corrected chi connectivity index (χ3v) is 16.2. The van der Waals surface area contributed by atoms with E-state index in [-0.39, 0.29) is 31.1 Å². The van der Waals surface area contributed by atoms with Crippen molar-refractivity contribution < 1.29 is 28.6 Å². The summed E-state index contributed by atoms with van der Waals surface area (Å²) >= 11 is 0. The number of rotatable bonds is 66. The third-order valence-electron chi connectivity index (χ3n) is 16.2. The standard InChI is InChI=1S/C72H136O6/c1-4-7-10-13-16-19-22-25-28-31-33-34-35-36-37-38-39-40-42-44-47-50-53-56-59-62-65-71(74)77-68-69(67-76-70(73)64-61-58-55-52-49-46-43-30-27-24-21-18-15-12-9-6-3)78-72(75)66-63-60-57-54-51-48-45-41-32-29-26-23-20-17-14-11-8-5-2/h21,24,30,43,69H,4-20,22-23,25-29,31-42,44-68H2,1-3H3/b24-21-,43-30-. The molecule has 1 atom stereocenters. The van der Waals surface area contributed by atoms with Crippen LogP contribution in [0.2, 0.25) is 0 Å². The molecule has 0 amide bonds. The first-order valence-electron chi connectivity index (χ1n) is 35.3. The largest absolute Gasteiger partial charge is 0.462 e. The minimum Gasteiger partial charge on any atom is -0.462 e. The van der Waals surface area contributed by atoms with Crippen molar-refractivity contribution in [2.45, 2.75) is 406 Å². The van der Waals surface area contributed by atoms with Gasteiger partial charge in [-0.3, -0.25) is 14.4 Å². The van der Waals surface area contributed by atoms with Crippen molar-refractivity contribution in [1.29, 1.82) is 0 Å². The lowest BCUT2D eigenvalue weighted by Gasteiger charge is -2.18. The summed E-state index contributed by atoms with van der Waals surface area (Å²) in [5.74, 6) is -0.850. The molecule has 0 aliphatic heterocycles. The van der Waals surface area contributed by atoms with Crippen LogP contribution in [0, 0.1) is 0 Å². The van der Waals surface area contributed by atoms with E-state index in [2.05, 4.69) is 45.1 Å². The molecule has 0 aromatic carbocycles. The molecule has 0 heterocycles. The van der Waals surface area contributed by atoms with Gasteiger partial charge in [-0.15, -0.1) is 0 Å². The number of unbranched alkanes of at least 4 members (excludes halogenated alkanes) is 51. The maximum atomic E-state index is 12.9. The first-order chi connectivity index (χ1) is 38.5. The van der Waals surface area contributed by atoms with E-state index >= 15 is 0 Å². The Balaban J connectivity index is 4.24. The highest BCUT2D eigenvalue weighted by Crippen LogP contribution is 2.19. The molecule has 1 unspecified atom stereocenters. The monoisotopic (exact) mass is 1100 g/mol. The van der Waals surface area contributed by atoms with Crippen LogP contribution in [-0.2, 0) is 28.6 Å². The molecule has 0 N–H and O–H groups in total. The second kappa shape index (κ2) is 67.4. The van der Waals surface area contributed by atoms with E-state index in [0.717, 1.165) is 77.0 Å². The first-order valence-corrected chi connectivity index (χ1v) is 35.3. The number of allylic oxidation sites excluding steroid dienone is 4. The van der Waals surface area contributed by atoms with Crippen molar-refractivity contribution in [2.75, 3.05) is 13.2 Å². The number of esters is 3. The van der Waals surface area contributed by atoms with Gasteiger partial charge < -0.3 is 14.2 Å². The molecule has 0 aliphatic carbocycles. The Kier molecular flexibility index (Phi) is 65.6. The minimum atomic E-state index is -0.774. The molecule has 0 rings (SSSR count). The van der Waals surface area contributed by atoms with E-state index in [4.69, 9.17) is 14.2 Å². The molecule has 0 aromatic heterocycles. The lowest BCUT2D eigenvalue weighted by Crippen LogP contribution is -2.30. The number of carbonyl (C=O) groups excluding carboxylic acids is 3. The fraction of sp³-hybridized carbons (Fsp3) is 0.903. The molecule has 460 valence electrons. The van der Waals surface area contributed by atoms with Gasteiger partial charge in [-0.2, -0.15) is 0 Å². The quantitative estimate of drug-likeness (QED) is 0.0261. The van der Waals surface area contributed by atoms with Gasteiger partial charge in [0.05, 0.1) is 0 Å². The average Bonchev–Trinajstić information content (AvgIpc) is 3.44. The van der Waals surface area contributed by atoms with Crippen molar-refractivity contribution >= 4 is 17.9 Å². The smallest absolute Gasteiger partial charge is 0.306 e. The molecule has 0 saturated carbocycles. The van der Waals surface area contributed by atoms with Crippen molar-refractivity contribution in [3.05, 3.63) is 24.3 Å². The van der Waals surface area contributed by atoms with Crippen LogP contribution in [0.15, 0.2) is 24.3 Å². The maximum absolute atomic E-state index is 12.9. The molecule has 0 spiro atoms. The lowest BCUT2D eigenvalue weighted by molar-refractivity contribution is -0.167. The second-order valence-corrected chi connectivity index (χ2v) is 24.2. The van der Waals surface area contributed by atoms with Gasteiger partial charge >= 0.3 is 17.9 Å². The van der Waals surface area contributed by atoms with Gasteiger partial charge in [0.1, 0.15) is 13.2 Å². The predicted octanol–water partition coefficient (Wildman–Crippen LogP) is 24.2. The van der Waals surface area contributed by atoms with Crippen molar-refractivity contribution in [2.24, 2.45) is 0 Å². The van der Waals surface area contributed by atoms with E-state index < -0.39 is 6.10 Å². The second-order valence-electron chi connectivity index (χ2n) is 24.2. The summed E-state index contributed by atoms with van der Waals surface area (Å²) in [7, 11) is 0. The molecule has 6 nitrogen and oxygen atoms in total. The van der Waals surface area contributed by atoms with Gasteiger partial charge in [0.15, 0.2) is 6.10 Å². The molecule has 0 fully saturated rings. The van der Waals surface area contributed by atoms with Crippen LogP contribution < -0.4 is 0 Å². The summed E-state index contributed by atoms with van der Waals surface area (Å²) in [6.07, 6.45) is 82.1. The maximum Gasteiger partial charge on any atom is 0.306 e. The SMILES string of the molecule is CCCCCC/C=C\C/C=C\CCCCCCCC(=O)OCC(COC(=O)CCCCCCCCCCCCCCCCCCCCCCCCCCCC)OC(=O)CCCCCCCCCCCCCCCCCCCC. The zero-order chi connectivity index (χ0) is 56.4. The molecule has 6 heteroatoms. The highest BCUT2D eigenvalue weighted by Gasteiger charge is 2.19. The Morgan fingerprint density at radius 1 is 0.256 bits per heavy atom. The summed E-state index contributed by atoms with van der Waals surface area (Å²) in [5, 5.41) is 0. The van der Waals surface area contributed by atoms with E-state index in [9.17, 15) is 14.4 Å². The molecule has 0 bridgehead atoms. The van der Waals surface area contributed by atoms with Gasteiger partial charge in [0, 0.05) is 19.3 Å². The van der Waals surface area contributed by atoms with E-state index in [0.29, 0.717) is 19.3 Å². The Morgan fingerprint density at radius 2 is 0.462 bits per heavy atom. The molecule has 0 aliphatic rings. The highest BCUT2D eigenvalue weighted by atomic mass is 16.6. The Morgan fingerprint density at radius 3 is 0.718 bits per heavy atom. The molecular formula is C72H136O6. The van der Waals surface area contributed by atoms with Crippen LogP contribution in [0.1, 0.15) is 400 Å². The van der Waals surface area contributed by atoms with Crippen LogP contribution in [0.4, 0.5) is 0 Å². The summed E-state index contributed by atoms with van der Waals surface area (Å²) in [6.45, 7) is 6.70. The molecule has 0 saturated heterocycles. The average molecular weight is 1100 g/mol. The van der Waals surface area contributed by atoms with Gasteiger partial charge in [-0.05, 0) is 51.4 Å². The zero-order valence-electron chi connectivity index (χ0n) is 53.0. The van der Waals surface area contributed by atoms with E-state index in [1.54, 1.807) is 0 Å². The number of hydrogen-bond acceptors (Lipinski definition) is 6. The van der Waals surface area contributed by atoms with E-state index in [1.165, 1.54) is 283 Å². The molecule has 78 heavy (non-hydrogen) atoms. The predicted molar refractivity (Wildman–Crippen MR) is 340 cm³/mol. The minimum absolute atomic E-state index is 0.0692. The first kappa shape index (κ1) is 75.9. The fourth-order valence-electron chi connectivity index (χ4n) is 10.9. The van der Waals surface area contributed by atoms with Crippen LogP contribution in [0.5, 0.6) is 0 Å². The topological polar surface area (TPSA) is 78.9 Å². The Bertz CT molecular complexity index is 1260. The molecule has 0 aromatic rings. The van der Waals surface area contributed by atoms with Crippen molar-refractivity contribution in [1.82, 2.24) is 0 Å². The summed E-state index contributed by atoms with van der Waals surface area (Å²) in [5.41, 5.74) is 0. The molecular weight excluding hydrogens is 961 g/mol. The van der Waals surface area contributed by atoms with Gasteiger partial charge in [-0.25, -0.2) is 0 Å². The fourth-order valence-corrected chi connectivity index (χ4v) is 10.9. The Labute approximate surface area is 487 Å².